The molecule has 1 saturated carbocycles. The Labute approximate surface area is 173 Å². The number of rotatable bonds is 6. The normalized spacial score (nSPS) is 14.6. The second-order valence-electron chi connectivity index (χ2n) is 6.61. The van der Waals surface area contributed by atoms with Gasteiger partial charge in [0.05, 0.1) is 0 Å². The average Bonchev–Trinajstić information content (AvgIpc) is 3.19. The maximum Gasteiger partial charge on any atom is 0.262 e. The van der Waals surface area contributed by atoms with Gasteiger partial charge in [-0.3, -0.25) is 4.79 Å². The monoisotopic (exact) mass is 472 g/mol. The van der Waals surface area contributed by atoms with Crippen LogP contribution in [0.4, 0.5) is 0 Å². The highest BCUT2D eigenvalue weighted by atomic mass is 127. The highest BCUT2D eigenvalue weighted by Gasteiger charge is 2.19. The lowest BCUT2D eigenvalue weighted by atomic mass is 10.1. The zero-order valence-electron chi connectivity index (χ0n) is 15.0. The summed E-state index contributed by atoms with van der Waals surface area (Å²) in [6.07, 6.45) is 5.89. The van der Waals surface area contributed by atoms with Crippen LogP contribution >= 0.6 is 22.6 Å². The van der Waals surface area contributed by atoms with Crippen LogP contribution in [0.5, 0.6) is 5.75 Å². The SMILES string of the molecule is N#C/C(=C/c1ccc(OCc2ccc(I)cc2)cc1)C(=O)NC1CCCC1. The number of benzene rings is 2. The molecule has 2 aromatic rings. The molecule has 3 rings (SSSR count). The number of amides is 1. The fourth-order valence-corrected chi connectivity index (χ4v) is 3.42. The van der Waals surface area contributed by atoms with E-state index in [1.165, 1.54) is 3.57 Å². The average molecular weight is 472 g/mol. The quantitative estimate of drug-likeness (QED) is 0.372. The van der Waals surface area contributed by atoms with E-state index >= 15 is 0 Å². The third-order valence-electron chi connectivity index (χ3n) is 4.57. The molecular formula is C22H21IN2O2. The molecule has 0 heterocycles. The number of nitrogens with zero attached hydrogens (tertiary/aromatic N) is 1. The topological polar surface area (TPSA) is 62.1 Å². The summed E-state index contributed by atoms with van der Waals surface area (Å²) < 4.78 is 6.98. The molecule has 27 heavy (non-hydrogen) atoms. The minimum Gasteiger partial charge on any atom is -0.489 e. The molecule has 0 atom stereocenters. The number of hydrogen-bond acceptors (Lipinski definition) is 3. The maximum atomic E-state index is 12.3. The van der Waals surface area contributed by atoms with Crippen LogP contribution < -0.4 is 10.1 Å². The molecule has 0 radical (unpaired) electrons. The molecule has 138 valence electrons. The number of nitriles is 1. The largest absolute Gasteiger partial charge is 0.489 e. The van der Waals surface area contributed by atoms with Crippen molar-refractivity contribution in [2.45, 2.75) is 38.3 Å². The molecule has 0 aliphatic heterocycles. The standard InChI is InChI=1S/C22H21IN2O2/c23-19-9-5-17(6-10-19)15-27-21-11-7-16(8-12-21)13-18(14-24)22(26)25-20-3-1-2-4-20/h5-13,20H,1-4,15H2,(H,25,26)/b18-13-. The highest BCUT2D eigenvalue weighted by molar-refractivity contribution is 14.1. The first-order valence-corrected chi connectivity index (χ1v) is 10.1. The summed E-state index contributed by atoms with van der Waals surface area (Å²) in [5, 5.41) is 12.3. The van der Waals surface area contributed by atoms with Crippen LogP contribution in [0.1, 0.15) is 36.8 Å². The van der Waals surface area contributed by atoms with E-state index in [1.807, 2.05) is 54.6 Å². The maximum absolute atomic E-state index is 12.3. The van der Waals surface area contributed by atoms with E-state index in [2.05, 4.69) is 27.9 Å². The van der Waals surface area contributed by atoms with Crippen LogP contribution in [-0.2, 0) is 11.4 Å². The Kier molecular flexibility index (Phi) is 6.88. The van der Waals surface area contributed by atoms with Gasteiger partial charge < -0.3 is 10.1 Å². The van der Waals surface area contributed by atoms with Crippen LogP contribution in [0.3, 0.4) is 0 Å². The van der Waals surface area contributed by atoms with Crippen LogP contribution in [0.25, 0.3) is 6.08 Å². The fraction of sp³-hybridized carbons (Fsp3) is 0.273. The molecule has 4 nitrogen and oxygen atoms in total. The first kappa shape index (κ1) is 19.4. The van der Waals surface area contributed by atoms with E-state index < -0.39 is 0 Å². The van der Waals surface area contributed by atoms with Gasteiger partial charge in [-0.15, -0.1) is 0 Å². The van der Waals surface area contributed by atoms with E-state index in [9.17, 15) is 10.1 Å². The lowest BCUT2D eigenvalue weighted by Crippen LogP contribution is -2.33. The van der Waals surface area contributed by atoms with E-state index in [4.69, 9.17) is 4.74 Å². The second-order valence-corrected chi connectivity index (χ2v) is 7.85. The van der Waals surface area contributed by atoms with Gasteiger partial charge in [-0.05, 0) is 76.9 Å². The minimum atomic E-state index is -0.288. The van der Waals surface area contributed by atoms with Gasteiger partial charge in [0.2, 0.25) is 0 Å². The van der Waals surface area contributed by atoms with Gasteiger partial charge in [0.1, 0.15) is 24.0 Å². The summed E-state index contributed by atoms with van der Waals surface area (Å²) in [6, 6.07) is 17.8. The Bertz CT molecular complexity index is 845. The molecule has 0 aromatic heterocycles. The number of ether oxygens (including phenoxy) is 1. The van der Waals surface area contributed by atoms with Gasteiger partial charge in [-0.2, -0.15) is 5.26 Å². The Morgan fingerprint density at radius 1 is 1.15 bits per heavy atom. The predicted molar refractivity (Wildman–Crippen MR) is 114 cm³/mol. The molecule has 1 N–H and O–H groups in total. The lowest BCUT2D eigenvalue weighted by Gasteiger charge is -2.11. The Hall–Kier alpha value is -2.33. The number of carbonyl (C=O) groups is 1. The molecule has 1 aliphatic carbocycles. The zero-order valence-corrected chi connectivity index (χ0v) is 17.1. The van der Waals surface area contributed by atoms with Crippen molar-refractivity contribution in [1.82, 2.24) is 5.32 Å². The second kappa shape index (κ2) is 9.56. The molecule has 0 spiro atoms. The fourth-order valence-electron chi connectivity index (χ4n) is 3.06. The Morgan fingerprint density at radius 3 is 2.44 bits per heavy atom. The first-order valence-electron chi connectivity index (χ1n) is 9.04. The van der Waals surface area contributed by atoms with Crippen molar-refractivity contribution < 1.29 is 9.53 Å². The van der Waals surface area contributed by atoms with Crippen molar-refractivity contribution in [3.8, 4) is 11.8 Å². The summed E-state index contributed by atoms with van der Waals surface area (Å²) in [7, 11) is 0. The van der Waals surface area contributed by atoms with Crippen molar-refractivity contribution in [3.05, 3.63) is 68.8 Å². The van der Waals surface area contributed by atoms with E-state index in [-0.39, 0.29) is 17.5 Å². The van der Waals surface area contributed by atoms with Gasteiger partial charge in [-0.1, -0.05) is 37.1 Å². The molecule has 0 unspecified atom stereocenters. The van der Waals surface area contributed by atoms with Gasteiger partial charge in [0.25, 0.3) is 5.91 Å². The molecule has 1 fully saturated rings. The number of carbonyl (C=O) groups excluding carboxylic acids is 1. The van der Waals surface area contributed by atoms with Crippen molar-refractivity contribution in [2.75, 3.05) is 0 Å². The van der Waals surface area contributed by atoms with Crippen LogP contribution in [0.15, 0.2) is 54.1 Å². The molecule has 5 heteroatoms. The van der Waals surface area contributed by atoms with Crippen molar-refractivity contribution in [3.63, 3.8) is 0 Å². The molecule has 1 aliphatic rings. The molecule has 0 saturated heterocycles. The highest BCUT2D eigenvalue weighted by Crippen LogP contribution is 2.19. The summed E-state index contributed by atoms with van der Waals surface area (Å²) in [5.41, 5.74) is 2.04. The van der Waals surface area contributed by atoms with Crippen molar-refractivity contribution in [2.24, 2.45) is 0 Å². The lowest BCUT2D eigenvalue weighted by molar-refractivity contribution is -0.117. The van der Waals surface area contributed by atoms with E-state index in [0.29, 0.717) is 6.61 Å². The number of nitrogens with one attached hydrogen (secondary N) is 1. The summed E-state index contributed by atoms with van der Waals surface area (Å²) in [6.45, 7) is 0.499. The third kappa shape index (κ3) is 5.83. The van der Waals surface area contributed by atoms with Crippen LogP contribution in [-0.4, -0.2) is 11.9 Å². The first-order chi connectivity index (χ1) is 13.1. The van der Waals surface area contributed by atoms with E-state index in [1.54, 1.807) is 6.08 Å². The molecule has 1 amide bonds. The van der Waals surface area contributed by atoms with Crippen molar-refractivity contribution in [1.29, 1.82) is 5.26 Å². The number of halogens is 1. The molecule has 0 bridgehead atoms. The van der Waals surface area contributed by atoms with Gasteiger partial charge >= 0.3 is 0 Å². The Balaban J connectivity index is 1.59. The van der Waals surface area contributed by atoms with E-state index in [0.717, 1.165) is 42.6 Å². The van der Waals surface area contributed by atoms with Crippen LogP contribution in [0.2, 0.25) is 0 Å². The third-order valence-corrected chi connectivity index (χ3v) is 5.28. The Morgan fingerprint density at radius 2 is 1.81 bits per heavy atom. The molecule has 2 aromatic carbocycles. The van der Waals surface area contributed by atoms with Crippen molar-refractivity contribution >= 4 is 34.6 Å². The predicted octanol–water partition coefficient (Wildman–Crippen LogP) is 4.84. The van der Waals surface area contributed by atoms with Gasteiger partial charge in [-0.25, -0.2) is 0 Å². The minimum absolute atomic E-state index is 0.134. The molecular weight excluding hydrogens is 451 g/mol. The summed E-state index contributed by atoms with van der Waals surface area (Å²) in [4.78, 5) is 12.3. The van der Waals surface area contributed by atoms with Crippen LogP contribution in [0, 0.1) is 14.9 Å². The number of hydrogen-bond donors (Lipinski definition) is 1. The zero-order chi connectivity index (χ0) is 19.1. The summed E-state index contributed by atoms with van der Waals surface area (Å²) >= 11 is 2.27. The smallest absolute Gasteiger partial charge is 0.262 e. The van der Waals surface area contributed by atoms with Gasteiger partial charge in [0.15, 0.2) is 0 Å². The summed E-state index contributed by atoms with van der Waals surface area (Å²) in [5.74, 6) is 0.461. The van der Waals surface area contributed by atoms with Gasteiger partial charge in [0, 0.05) is 9.61 Å².